The maximum absolute atomic E-state index is 12.1. The summed E-state index contributed by atoms with van der Waals surface area (Å²) in [5, 5.41) is 6.81. The normalized spacial score (nSPS) is 11.6. The molecule has 2 rings (SSSR count). The Morgan fingerprint density at radius 1 is 1.36 bits per heavy atom. The van der Waals surface area contributed by atoms with Crippen molar-refractivity contribution in [2.24, 2.45) is 0 Å². The van der Waals surface area contributed by atoms with Crippen LogP contribution in [0, 0.1) is 6.92 Å². The Balaban J connectivity index is 2.41. The number of para-hydroxylation sites is 1. The molecule has 0 bridgehead atoms. The topological polar surface area (TPSA) is 77.2 Å². The molecule has 6 heteroatoms. The quantitative estimate of drug-likeness (QED) is 0.859. The minimum absolute atomic E-state index is 0.224. The largest absolute Gasteiger partial charge is 0.496 e. The predicted octanol–water partition coefficient (Wildman–Crippen LogP) is 2.56. The molecule has 0 saturated carbocycles. The van der Waals surface area contributed by atoms with Crippen molar-refractivity contribution in [2.45, 2.75) is 26.8 Å². The highest BCUT2D eigenvalue weighted by Crippen LogP contribution is 2.28. The van der Waals surface area contributed by atoms with Gasteiger partial charge in [-0.05, 0) is 19.9 Å². The fourth-order valence-corrected chi connectivity index (χ4v) is 2.06. The SMILES string of the molecule is COc1ccccc1[C@@H](NC(=O)C=C(C)C)c1noc(C)n1. The molecule has 1 aromatic heterocycles. The van der Waals surface area contributed by atoms with Crippen molar-refractivity contribution in [3.63, 3.8) is 0 Å². The van der Waals surface area contributed by atoms with Gasteiger partial charge < -0.3 is 14.6 Å². The lowest BCUT2D eigenvalue weighted by atomic mass is 10.0. The average molecular weight is 301 g/mol. The highest BCUT2D eigenvalue weighted by atomic mass is 16.5. The Morgan fingerprint density at radius 2 is 2.09 bits per heavy atom. The molecule has 0 aliphatic rings. The summed E-state index contributed by atoms with van der Waals surface area (Å²) in [4.78, 5) is 16.3. The summed E-state index contributed by atoms with van der Waals surface area (Å²) in [6.45, 7) is 5.42. The van der Waals surface area contributed by atoms with Crippen LogP contribution in [0.4, 0.5) is 0 Å². The molecule has 1 atom stereocenters. The van der Waals surface area contributed by atoms with E-state index in [2.05, 4.69) is 15.5 Å². The van der Waals surface area contributed by atoms with Crippen LogP contribution in [-0.4, -0.2) is 23.2 Å². The summed E-state index contributed by atoms with van der Waals surface area (Å²) < 4.78 is 10.4. The number of carbonyl (C=O) groups excluding carboxylic acids is 1. The maximum Gasteiger partial charge on any atom is 0.244 e. The first-order chi connectivity index (χ1) is 10.5. The highest BCUT2D eigenvalue weighted by Gasteiger charge is 2.24. The second-order valence-electron chi connectivity index (χ2n) is 5.08. The molecular formula is C16H19N3O3. The van der Waals surface area contributed by atoms with Crippen molar-refractivity contribution in [3.8, 4) is 5.75 Å². The van der Waals surface area contributed by atoms with Gasteiger partial charge in [-0.1, -0.05) is 28.9 Å². The van der Waals surface area contributed by atoms with Crippen LogP contribution in [0.5, 0.6) is 5.75 Å². The Labute approximate surface area is 129 Å². The number of ether oxygens (including phenoxy) is 1. The van der Waals surface area contributed by atoms with Gasteiger partial charge in [-0.15, -0.1) is 0 Å². The van der Waals surface area contributed by atoms with E-state index in [1.807, 2.05) is 38.1 Å². The van der Waals surface area contributed by atoms with Gasteiger partial charge in [0, 0.05) is 18.6 Å². The molecule has 0 saturated heterocycles. The van der Waals surface area contributed by atoms with E-state index in [4.69, 9.17) is 9.26 Å². The maximum atomic E-state index is 12.1. The second kappa shape index (κ2) is 6.89. The zero-order valence-electron chi connectivity index (χ0n) is 13.1. The number of aryl methyl sites for hydroxylation is 1. The van der Waals surface area contributed by atoms with Crippen LogP contribution < -0.4 is 10.1 Å². The molecule has 0 aliphatic heterocycles. The van der Waals surface area contributed by atoms with Gasteiger partial charge in [-0.3, -0.25) is 4.79 Å². The molecule has 0 radical (unpaired) electrons. The molecule has 0 spiro atoms. The third kappa shape index (κ3) is 3.72. The smallest absolute Gasteiger partial charge is 0.244 e. The van der Waals surface area contributed by atoms with E-state index in [1.54, 1.807) is 14.0 Å². The lowest BCUT2D eigenvalue weighted by Gasteiger charge is -2.17. The minimum atomic E-state index is -0.545. The van der Waals surface area contributed by atoms with Crippen molar-refractivity contribution in [3.05, 3.63) is 53.2 Å². The standard InChI is InChI=1S/C16H19N3O3/c1-10(2)9-14(20)18-15(16-17-11(3)22-19-16)12-7-5-6-8-13(12)21-4/h5-9,15H,1-4H3,(H,18,20)/t15-/m1/s1. The van der Waals surface area contributed by atoms with Crippen molar-refractivity contribution < 1.29 is 14.1 Å². The number of amides is 1. The number of hydrogen-bond acceptors (Lipinski definition) is 5. The van der Waals surface area contributed by atoms with Gasteiger partial charge in [-0.2, -0.15) is 4.98 Å². The first-order valence-electron chi connectivity index (χ1n) is 6.89. The monoisotopic (exact) mass is 301 g/mol. The van der Waals surface area contributed by atoms with Crippen LogP contribution in [0.15, 0.2) is 40.4 Å². The molecule has 1 aromatic carbocycles. The fraction of sp³-hybridized carbons (Fsp3) is 0.312. The molecule has 1 heterocycles. The van der Waals surface area contributed by atoms with Gasteiger partial charge in [-0.25, -0.2) is 0 Å². The second-order valence-corrected chi connectivity index (χ2v) is 5.08. The van der Waals surface area contributed by atoms with Crippen LogP contribution in [0.2, 0.25) is 0 Å². The first-order valence-corrected chi connectivity index (χ1v) is 6.89. The summed E-state index contributed by atoms with van der Waals surface area (Å²) in [5.74, 6) is 1.25. The van der Waals surface area contributed by atoms with Gasteiger partial charge in [0.1, 0.15) is 11.8 Å². The molecule has 0 unspecified atom stereocenters. The number of allylic oxidation sites excluding steroid dienone is 1. The van der Waals surface area contributed by atoms with Crippen LogP contribution in [-0.2, 0) is 4.79 Å². The predicted molar refractivity (Wildman–Crippen MR) is 81.4 cm³/mol. The molecule has 1 amide bonds. The number of benzene rings is 1. The van der Waals surface area contributed by atoms with Gasteiger partial charge >= 0.3 is 0 Å². The van der Waals surface area contributed by atoms with E-state index in [1.165, 1.54) is 6.08 Å². The molecule has 0 aliphatic carbocycles. The molecule has 1 N–H and O–H groups in total. The molecule has 116 valence electrons. The zero-order valence-corrected chi connectivity index (χ0v) is 13.1. The van der Waals surface area contributed by atoms with E-state index in [9.17, 15) is 4.79 Å². The van der Waals surface area contributed by atoms with Gasteiger partial charge in [0.2, 0.25) is 11.8 Å². The minimum Gasteiger partial charge on any atom is -0.496 e. The number of nitrogens with one attached hydrogen (secondary N) is 1. The zero-order chi connectivity index (χ0) is 16.1. The fourth-order valence-electron chi connectivity index (χ4n) is 2.06. The van der Waals surface area contributed by atoms with E-state index in [-0.39, 0.29) is 5.91 Å². The molecule has 6 nitrogen and oxygen atoms in total. The van der Waals surface area contributed by atoms with Crippen molar-refractivity contribution in [1.82, 2.24) is 15.5 Å². The lowest BCUT2D eigenvalue weighted by Crippen LogP contribution is -2.29. The number of methoxy groups -OCH3 is 1. The Hall–Kier alpha value is -2.63. The van der Waals surface area contributed by atoms with E-state index >= 15 is 0 Å². The van der Waals surface area contributed by atoms with Crippen LogP contribution in [0.1, 0.15) is 37.2 Å². The molecule has 2 aromatic rings. The van der Waals surface area contributed by atoms with Crippen LogP contribution >= 0.6 is 0 Å². The Bertz CT molecular complexity index is 687. The number of hydrogen-bond donors (Lipinski definition) is 1. The van der Waals surface area contributed by atoms with E-state index in [0.717, 1.165) is 11.1 Å². The first kappa shape index (κ1) is 15.8. The van der Waals surface area contributed by atoms with Gasteiger partial charge in [0.25, 0.3) is 0 Å². The third-order valence-electron chi connectivity index (χ3n) is 2.96. The van der Waals surface area contributed by atoms with Crippen molar-refractivity contribution in [1.29, 1.82) is 0 Å². The highest BCUT2D eigenvalue weighted by molar-refractivity contribution is 5.88. The molecular weight excluding hydrogens is 282 g/mol. The summed E-state index contributed by atoms with van der Waals surface area (Å²) in [6, 6.07) is 6.86. The summed E-state index contributed by atoms with van der Waals surface area (Å²) in [6.07, 6.45) is 1.52. The number of nitrogens with zero attached hydrogens (tertiary/aromatic N) is 2. The third-order valence-corrected chi connectivity index (χ3v) is 2.96. The average Bonchev–Trinajstić information content (AvgIpc) is 2.90. The van der Waals surface area contributed by atoms with Gasteiger partial charge in [0.15, 0.2) is 5.82 Å². The summed E-state index contributed by atoms with van der Waals surface area (Å²) >= 11 is 0. The van der Waals surface area contributed by atoms with Crippen molar-refractivity contribution in [2.75, 3.05) is 7.11 Å². The number of carbonyl (C=O) groups is 1. The van der Waals surface area contributed by atoms with E-state index < -0.39 is 6.04 Å². The summed E-state index contributed by atoms with van der Waals surface area (Å²) in [5.41, 5.74) is 1.67. The Kier molecular flexibility index (Phi) is 4.93. The Morgan fingerprint density at radius 3 is 2.68 bits per heavy atom. The molecule has 0 fully saturated rings. The summed E-state index contributed by atoms with van der Waals surface area (Å²) in [7, 11) is 1.58. The molecule has 22 heavy (non-hydrogen) atoms. The van der Waals surface area contributed by atoms with Crippen LogP contribution in [0.25, 0.3) is 0 Å². The van der Waals surface area contributed by atoms with Crippen LogP contribution in [0.3, 0.4) is 0 Å². The van der Waals surface area contributed by atoms with E-state index in [0.29, 0.717) is 17.5 Å². The van der Waals surface area contributed by atoms with Crippen molar-refractivity contribution >= 4 is 5.91 Å². The number of rotatable bonds is 5. The van der Waals surface area contributed by atoms with Gasteiger partial charge in [0.05, 0.1) is 7.11 Å². The number of aromatic nitrogens is 2. The lowest BCUT2D eigenvalue weighted by molar-refractivity contribution is -0.117.